The van der Waals surface area contributed by atoms with E-state index in [4.69, 9.17) is 4.74 Å². The van der Waals surface area contributed by atoms with E-state index in [0.29, 0.717) is 6.07 Å². The Morgan fingerprint density at radius 3 is 1.97 bits per heavy atom. The molecule has 1 saturated carbocycles. The monoisotopic (exact) mass is 474 g/mol. The van der Waals surface area contributed by atoms with Crippen molar-refractivity contribution >= 4 is 10.8 Å². The van der Waals surface area contributed by atoms with Gasteiger partial charge in [0.15, 0.2) is 29.1 Å². The molecular formula is C24H18F8O. The van der Waals surface area contributed by atoms with Gasteiger partial charge in [-0.1, -0.05) is 12.1 Å². The van der Waals surface area contributed by atoms with Crippen molar-refractivity contribution in [3.05, 3.63) is 81.9 Å². The van der Waals surface area contributed by atoms with E-state index in [2.05, 4.69) is 0 Å². The molecule has 0 atom stereocenters. The van der Waals surface area contributed by atoms with Gasteiger partial charge in [0.2, 0.25) is 0 Å². The van der Waals surface area contributed by atoms with Gasteiger partial charge >= 0.3 is 6.11 Å². The van der Waals surface area contributed by atoms with Gasteiger partial charge in [0.25, 0.3) is 0 Å². The Labute approximate surface area is 184 Å². The number of hydrogen-bond donors (Lipinski definition) is 0. The van der Waals surface area contributed by atoms with E-state index in [9.17, 15) is 35.1 Å². The first-order valence-corrected chi connectivity index (χ1v) is 10.3. The highest BCUT2D eigenvalue weighted by molar-refractivity contribution is 5.85. The summed E-state index contributed by atoms with van der Waals surface area (Å²) < 4.78 is 118. The number of fused-ring (bicyclic) bond motifs is 1. The summed E-state index contributed by atoms with van der Waals surface area (Å²) in [6, 6.07) is 4.87. The number of alkyl halides is 2. The van der Waals surface area contributed by atoms with Crippen LogP contribution in [0, 0.1) is 41.8 Å². The van der Waals surface area contributed by atoms with Crippen molar-refractivity contribution in [1.29, 1.82) is 0 Å². The van der Waals surface area contributed by atoms with Gasteiger partial charge in [-0.3, -0.25) is 0 Å². The smallest absolute Gasteiger partial charge is 0.313 e. The maximum Gasteiger partial charge on any atom is 0.386 e. The molecule has 1 aliphatic carbocycles. The van der Waals surface area contributed by atoms with Gasteiger partial charge in [0.1, 0.15) is 5.82 Å². The summed E-state index contributed by atoms with van der Waals surface area (Å²) in [6.07, 6.45) is -4.72. The van der Waals surface area contributed by atoms with Crippen LogP contribution in [0.25, 0.3) is 10.8 Å². The Bertz CT molecular complexity index is 1190. The number of benzene rings is 3. The first-order chi connectivity index (χ1) is 15.5. The standard InChI is InChI=1S/C24H18F8O/c1-11-2-3-13-8-16(21(28)23(30)19(13)20(11)27)24(31,32)33-15-6-4-12(5-7-15)14-9-17(25)22(29)18(26)10-14/h2-3,8-10,12,15H,4-7H2,1H3. The van der Waals surface area contributed by atoms with E-state index in [1.54, 1.807) is 0 Å². The Balaban J connectivity index is 1.53. The fourth-order valence-electron chi connectivity index (χ4n) is 4.29. The van der Waals surface area contributed by atoms with Gasteiger partial charge in [-0.25, -0.2) is 26.3 Å². The second kappa shape index (κ2) is 8.59. The molecule has 3 aromatic rings. The molecule has 0 spiro atoms. The lowest BCUT2D eigenvalue weighted by molar-refractivity contribution is -0.278. The SMILES string of the molecule is Cc1ccc2cc(C(F)(F)OC3CCC(c4cc(F)c(F)c(F)c4)CC3)c(F)c(F)c2c1F. The fourth-order valence-corrected chi connectivity index (χ4v) is 4.29. The van der Waals surface area contributed by atoms with E-state index < -0.39 is 64.0 Å². The van der Waals surface area contributed by atoms with Gasteiger partial charge in [-0.05, 0) is 73.2 Å². The third kappa shape index (κ3) is 4.30. The highest BCUT2D eigenvalue weighted by Crippen LogP contribution is 2.41. The van der Waals surface area contributed by atoms with Crippen LogP contribution in [0.3, 0.4) is 0 Å². The average Bonchev–Trinajstić information content (AvgIpc) is 2.76. The van der Waals surface area contributed by atoms with Crippen LogP contribution < -0.4 is 0 Å². The van der Waals surface area contributed by atoms with Crippen LogP contribution in [-0.2, 0) is 10.8 Å². The molecule has 0 unspecified atom stereocenters. The number of aryl methyl sites for hydroxylation is 1. The summed E-state index contributed by atoms with van der Waals surface area (Å²) >= 11 is 0. The van der Waals surface area contributed by atoms with Crippen molar-refractivity contribution < 1.29 is 39.9 Å². The molecule has 0 amide bonds. The molecule has 0 bridgehead atoms. The summed E-state index contributed by atoms with van der Waals surface area (Å²) in [5, 5.41) is -0.953. The summed E-state index contributed by atoms with van der Waals surface area (Å²) in [5.74, 6) is -9.32. The molecule has 1 aliphatic rings. The van der Waals surface area contributed by atoms with E-state index in [1.165, 1.54) is 19.1 Å². The summed E-state index contributed by atoms with van der Waals surface area (Å²) in [6.45, 7) is 1.34. The summed E-state index contributed by atoms with van der Waals surface area (Å²) in [4.78, 5) is 0. The van der Waals surface area contributed by atoms with Crippen molar-refractivity contribution in [3.63, 3.8) is 0 Å². The van der Waals surface area contributed by atoms with Crippen LogP contribution in [0.5, 0.6) is 0 Å². The normalized spacial score (nSPS) is 19.3. The zero-order valence-electron chi connectivity index (χ0n) is 17.3. The molecule has 176 valence electrons. The average molecular weight is 474 g/mol. The molecule has 0 aliphatic heterocycles. The largest absolute Gasteiger partial charge is 0.386 e. The minimum atomic E-state index is -4.20. The lowest BCUT2D eigenvalue weighted by Crippen LogP contribution is -2.30. The molecule has 33 heavy (non-hydrogen) atoms. The number of rotatable bonds is 4. The third-order valence-electron chi connectivity index (χ3n) is 6.10. The number of ether oxygens (including phenoxy) is 1. The van der Waals surface area contributed by atoms with Crippen LogP contribution in [0.2, 0.25) is 0 Å². The molecule has 9 heteroatoms. The van der Waals surface area contributed by atoms with Crippen LogP contribution in [-0.4, -0.2) is 6.10 Å². The predicted octanol–water partition coefficient (Wildman–Crippen LogP) is 7.78. The topological polar surface area (TPSA) is 9.23 Å². The van der Waals surface area contributed by atoms with E-state index in [0.717, 1.165) is 12.1 Å². The molecular weight excluding hydrogens is 456 g/mol. The molecule has 1 fully saturated rings. The van der Waals surface area contributed by atoms with Crippen molar-refractivity contribution in [2.45, 2.75) is 50.7 Å². The molecule has 0 saturated heterocycles. The molecule has 3 aromatic carbocycles. The van der Waals surface area contributed by atoms with Gasteiger partial charge in [0, 0.05) is 0 Å². The Kier molecular flexibility index (Phi) is 6.11. The highest BCUT2D eigenvalue weighted by Gasteiger charge is 2.41. The van der Waals surface area contributed by atoms with Crippen LogP contribution >= 0.6 is 0 Å². The predicted molar refractivity (Wildman–Crippen MR) is 105 cm³/mol. The third-order valence-corrected chi connectivity index (χ3v) is 6.10. The molecule has 0 aromatic heterocycles. The summed E-state index contributed by atoms with van der Waals surface area (Å²) in [5.41, 5.74) is -1.11. The number of halogens is 8. The van der Waals surface area contributed by atoms with E-state index in [-0.39, 0.29) is 42.2 Å². The quantitative estimate of drug-likeness (QED) is 0.277. The zero-order chi connectivity index (χ0) is 24.1. The number of hydrogen-bond acceptors (Lipinski definition) is 1. The van der Waals surface area contributed by atoms with E-state index >= 15 is 0 Å². The molecule has 0 N–H and O–H groups in total. The Morgan fingerprint density at radius 2 is 1.36 bits per heavy atom. The highest BCUT2D eigenvalue weighted by atomic mass is 19.3. The Hall–Kier alpha value is -2.68. The maximum atomic E-state index is 14.8. The second-order valence-corrected chi connectivity index (χ2v) is 8.25. The van der Waals surface area contributed by atoms with E-state index in [1.807, 2.05) is 0 Å². The van der Waals surface area contributed by atoms with Gasteiger partial charge < -0.3 is 4.74 Å². The van der Waals surface area contributed by atoms with Crippen LogP contribution in [0.15, 0.2) is 30.3 Å². The van der Waals surface area contributed by atoms with Gasteiger partial charge in [-0.15, -0.1) is 0 Å². The Morgan fingerprint density at radius 1 is 0.758 bits per heavy atom. The van der Waals surface area contributed by atoms with Crippen LogP contribution in [0.4, 0.5) is 35.1 Å². The fraction of sp³-hybridized carbons (Fsp3) is 0.333. The van der Waals surface area contributed by atoms with Crippen molar-refractivity contribution in [2.75, 3.05) is 0 Å². The first-order valence-electron chi connectivity index (χ1n) is 10.3. The van der Waals surface area contributed by atoms with Crippen molar-refractivity contribution in [1.82, 2.24) is 0 Å². The molecule has 0 radical (unpaired) electrons. The molecule has 4 rings (SSSR count). The summed E-state index contributed by atoms with van der Waals surface area (Å²) in [7, 11) is 0. The first kappa shape index (κ1) is 23.5. The lowest BCUT2D eigenvalue weighted by atomic mass is 9.82. The minimum absolute atomic E-state index is 0.0363. The minimum Gasteiger partial charge on any atom is -0.313 e. The van der Waals surface area contributed by atoms with Crippen molar-refractivity contribution in [3.8, 4) is 0 Å². The van der Waals surface area contributed by atoms with Gasteiger partial charge in [0.05, 0.1) is 17.1 Å². The van der Waals surface area contributed by atoms with Crippen molar-refractivity contribution in [2.24, 2.45) is 0 Å². The second-order valence-electron chi connectivity index (χ2n) is 8.25. The lowest BCUT2D eigenvalue weighted by Gasteiger charge is -2.31. The molecule has 1 nitrogen and oxygen atoms in total. The zero-order valence-corrected chi connectivity index (χ0v) is 17.3. The van der Waals surface area contributed by atoms with Crippen LogP contribution in [0.1, 0.15) is 48.3 Å². The maximum absolute atomic E-state index is 14.8. The van der Waals surface area contributed by atoms with Gasteiger partial charge in [-0.2, -0.15) is 8.78 Å². The molecule has 0 heterocycles.